The number of ether oxygens (including phenoxy) is 1. The molecule has 2 aliphatic carbocycles. The predicted octanol–water partition coefficient (Wildman–Crippen LogP) is 7.91. The van der Waals surface area contributed by atoms with Crippen molar-refractivity contribution < 1.29 is 4.74 Å². The Morgan fingerprint density at radius 3 is 1.85 bits per heavy atom. The molecule has 2 aromatic carbocycles. The Kier molecular flexibility index (Phi) is 8.76. The molecule has 1 nitrogen and oxygen atoms in total. The Balaban J connectivity index is 0.00000156. The second-order valence-corrected chi connectivity index (χ2v) is 6.00. The van der Waals surface area contributed by atoms with Crippen LogP contribution >= 0.6 is 0 Å². The number of hydrogen-bond donors (Lipinski definition) is 0. The summed E-state index contributed by atoms with van der Waals surface area (Å²) in [6, 6.07) is 17.4. The summed E-state index contributed by atoms with van der Waals surface area (Å²) in [5.74, 6) is 0.477. The summed E-state index contributed by atoms with van der Waals surface area (Å²) in [6.07, 6.45) is 4.76. The van der Waals surface area contributed by atoms with E-state index in [0.717, 1.165) is 6.61 Å². The minimum absolute atomic E-state index is 0. The van der Waals surface area contributed by atoms with Gasteiger partial charge in [0.25, 0.3) is 0 Å². The first-order valence-electron chi connectivity index (χ1n) is 8.03. The predicted molar refractivity (Wildman–Crippen MR) is 119 cm³/mol. The molecule has 1 heteroatoms. The second kappa shape index (κ2) is 9.54. The zero-order valence-electron chi connectivity index (χ0n) is 13.0. The average Bonchev–Trinajstić information content (AvgIpc) is 3.07. The fourth-order valence-corrected chi connectivity index (χ4v) is 3.68. The van der Waals surface area contributed by atoms with Crippen molar-refractivity contribution in [3.63, 3.8) is 0 Å². The van der Waals surface area contributed by atoms with Crippen molar-refractivity contribution in [1.29, 1.82) is 0 Å². The first-order chi connectivity index (χ1) is 10.8. The molecule has 0 fully saturated rings. The molecule has 0 heterocycles. The first kappa shape index (κ1) is 23.9. The maximum absolute atomic E-state index is 5.93. The number of fused-ring (bicyclic) bond motifs is 2. The zero-order chi connectivity index (χ0) is 15.1. The van der Waals surface area contributed by atoms with Crippen molar-refractivity contribution in [2.75, 3.05) is 6.61 Å². The first-order valence-corrected chi connectivity index (χ1v) is 8.03. The smallest absolute Gasteiger partial charge is 0.102 e. The molecule has 2 aliphatic rings. The van der Waals surface area contributed by atoms with Crippen LogP contribution in [0.15, 0.2) is 60.7 Å². The molecule has 142 valence electrons. The molecule has 0 radical (unpaired) electrons. The van der Waals surface area contributed by atoms with E-state index in [0.29, 0.717) is 5.92 Å². The molecule has 0 aliphatic heterocycles. The van der Waals surface area contributed by atoms with Crippen molar-refractivity contribution in [2.45, 2.75) is 55.6 Å². The summed E-state index contributed by atoms with van der Waals surface area (Å²) < 4.78 is 5.93. The lowest BCUT2D eigenvalue weighted by Crippen LogP contribution is -1.98. The van der Waals surface area contributed by atoms with Crippen LogP contribution < -0.4 is 0 Å². The summed E-state index contributed by atoms with van der Waals surface area (Å²) in [5.41, 5.74) is 8.08. The van der Waals surface area contributed by atoms with E-state index in [-0.39, 0.29) is 35.8 Å². The number of allylic oxidation sites excluding steroid dienone is 3. The van der Waals surface area contributed by atoms with Gasteiger partial charge in [-0.15, -0.1) is 0 Å². The normalized spacial score (nSPS) is 18.7. The lowest BCUT2D eigenvalue weighted by molar-refractivity contribution is 0.0989. The van der Waals surface area contributed by atoms with Gasteiger partial charge in [-0.05, 0) is 46.4 Å². The molecule has 4 rings (SSSR count). The monoisotopic (exact) mass is 352 g/mol. The van der Waals surface area contributed by atoms with Crippen molar-refractivity contribution in [1.82, 2.24) is 0 Å². The van der Waals surface area contributed by atoms with Crippen molar-refractivity contribution in [3.05, 3.63) is 82.9 Å². The molecule has 0 saturated heterocycles. The number of hydrogen-bond acceptors (Lipinski definition) is 1. The molecule has 0 amide bonds. The number of rotatable bonds is 3. The molecule has 0 N–H and O–H groups in total. The summed E-state index contributed by atoms with van der Waals surface area (Å²) in [5, 5.41) is 0. The van der Waals surface area contributed by atoms with Gasteiger partial charge in [0.05, 0.1) is 0 Å². The quantitative estimate of drug-likeness (QED) is 0.545. The topological polar surface area (TPSA) is 9.23 Å². The largest absolute Gasteiger partial charge is 0.370 e. The molecule has 0 spiro atoms. The van der Waals surface area contributed by atoms with E-state index in [4.69, 9.17) is 4.74 Å². The van der Waals surface area contributed by atoms with Crippen LogP contribution in [0, 0.1) is 0 Å². The van der Waals surface area contributed by atoms with Crippen LogP contribution in [0.5, 0.6) is 0 Å². The van der Waals surface area contributed by atoms with E-state index in [1.165, 1.54) is 33.4 Å². The Hall–Kier alpha value is -2.12. The second-order valence-electron chi connectivity index (χ2n) is 6.00. The minimum atomic E-state index is 0. The van der Waals surface area contributed by atoms with Crippen LogP contribution in [0.3, 0.4) is 0 Å². The fourth-order valence-electron chi connectivity index (χ4n) is 3.68. The van der Waals surface area contributed by atoms with E-state index in [1.54, 1.807) is 0 Å². The van der Waals surface area contributed by atoms with Gasteiger partial charge in [-0.3, -0.25) is 0 Å². The summed E-state index contributed by atoms with van der Waals surface area (Å²) >= 11 is 0. The minimum Gasteiger partial charge on any atom is -0.370 e. The van der Waals surface area contributed by atoms with Gasteiger partial charge in [0.1, 0.15) is 6.10 Å². The highest BCUT2D eigenvalue weighted by molar-refractivity contribution is 6.09. The van der Waals surface area contributed by atoms with Crippen LogP contribution in [0.1, 0.15) is 77.8 Å². The van der Waals surface area contributed by atoms with Gasteiger partial charge in [0, 0.05) is 12.5 Å². The molecule has 2 aromatic rings. The maximum Gasteiger partial charge on any atom is 0.102 e. The van der Waals surface area contributed by atoms with Crippen LogP contribution in [0.2, 0.25) is 0 Å². The van der Waals surface area contributed by atoms with E-state index in [1.807, 2.05) is 0 Å². The van der Waals surface area contributed by atoms with Gasteiger partial charge < -0.3 is 4.74 Å². The Morgan fingerprint density at radius 2 is 1.23 bits per heavy atom. The molecule has 0 bridgehead atoms. The summed E-state index contributed by atoms with van der Waals surface area (Å²) in [4.78, 5) is 0. The van der Waals surface area contributed by atoms with E-state index in [9.17, 15) is 0 Å². The van der Waals surface area contributed by atoms with Crippen LogP contribution in [0.4, 0.5) is 0 Å². The van der Waals surface area contributed by atoms with Crippen molar-refractivity contribution in [3.8, 4) is 0 Å². The highest BCUT2D eigenvalue weighted by atomic mass is 16.5. The van der Waals surface area contributed by atoms with Crippen LogP contribution in [-0.4, -0.2) is 6.61 Å². The van der Waals surface area contributed by atoms with Crippen LogP contribution in [0.25, 0.3) is 11.1 Å². The van der Waals surface area contributed by atoms with Crippen molar-refractivity contribution >= 4 is 11.1 Å². The lowest BCUT2D eigenvalue weighted by atomic mass is 9.95. The molecule has 0 aromatic heterocycles. The zero-order valence-corrected chi connectivity index (χ0v) is 13.0. The third kappa shape index (κ3) is 3.68. The van der Waals surface area contributed by atoms with Gasteiger partial charge in [-0.1, -0.05) is 91.2 Å². The van der Waals surface area contributed by atoms with Gasteiger partial charge in [-0.2, -0.15) is 0 Å². The molecule has 2 unspecified atom stereocenters. The SMILES string of the molecule is C.C.C.C.CCOC1C=C(C2=CC(C)c3ccccc32)c2ccccc21. The highest BCUT2D eigenvalue weighted by Gasteiger charge is 2.29. The Labute approximate surface area is 161 Å². The summed E-state index contributed by atoms with van der Waals surface area (Å²) in [7, 11) is 0. The van der Waals surface area contributed by atoms with Gasteiger partial charge in [0.15, 0.2) is 0 Å². The third-order valence-electron chi connectivity index (χ3n) is 4.67. The van der Waals surface area contributed by atoms with Gasteiger partial charge >= 0.3 is 0 Å². The Bertz CT molecular complexity index is 782. The standard InChI is InChI=1S/C21H20O.4CH4/c1-3-22-21-13-20(17-10-6-7-11-18(17)21)19-12-14(2)15-8-4-5-9-16(15)19;;;;/h4-14,21H,3H2,1-2H3;4*1H4. The van der Waals surface area contributed by atoms with Crippen molar-refractivity contribution in [2.24, 2.45) is 0 Å². The molecular formula is C25H36O. The molecule has 2 atom stereocenters. The average molecular weight is 353 g/mol. The van der Waals surface area contributed by atoms with E-state index in [2.05, 4.69) is 74.5 Å². The van der Waals surface area contributed by atoms with Gasteiger partial charge in [0.2, 0.25) is 0 Å². The van der Waals surface area contributed by atoms with Gasteiger partial charge in [-0.25, -0.2) is 0 Å². The van der Waals surface area contributed by atoms with E-state index < -0.39 is 0 Å². The molecule has 0 saturated carbocycles. The maximum atomic E-state index is 5.93. The fraction of sp³-hybridized carbons (Fsp3) is 0.360. The lowest BCUT2D eigenvalue weighted by Gasteiger charge is -2.10. The molecule has 26 heavy (non-hydrogen) atoms. The van der Waals surface area contributed by atoms with E-state index >= 15 is 0 Å². The highest BCUT2D eigenvalue weighted by Crippen LogP contribution is 2.48. The third-order valence-corrected chi connectivity index (χ3v) is 4.67. The van der Waals surface area contributed by atoms with Crippen LogP contribution in [-0.2, 0) is 4.74 Å². The summed E-state index contributed by atoms with van der Waals surface area (Å²) in [6.45, 7) is 5.06. The Morgan fingerprint density at radius 1 is 0.731 bits per heavy atom. The molecular weight excluding hydrogens is 316 g/mol. The number of benzene rings is 2.